The molecule has 1 amide bonds. The summed E-state index contributed by atoms with van der Waals surface area (Å²) in [4.78, 5) is 12.6. The number of hydrogen-bond acceptors (Lipinski definition) is 4. The van der Waals surface area contributed by atoms with Gasteiger partial charge in [0.25, 0.3) is 5.91 Å². The van der Waals surface area contributed by atoms with Gasteiger partial charge in [0.1, 0.15) is 5.69 Å². The highest BCUT2D eigenvalue weighted by atomic mass is 32.2. The Balaban J connectivity index is 1.56. The Hall–Kier alpha value is -3.13. The maximum Gasteiger partial charge on any atom is 0.273 e. The van der Waals surface area contributed by atoms with Crippen LogP contribution in [0.25, 0.3) is 11.3 Å². The van der Waals surface area contributed by atoms with E-state index in [0.29, 0.717) is 29.3 Å². The minimum absolute atomic E-state index is 0.332. The third-order valence-corrected chi connectivity index (χ3v) is 6.17. The maximum absolute atomic E-state index is 12.6. The summed E-state index contributed by atoms with van der Waals surface area (Å²) in [6.45, 7) is 2.46. The highest BCUT2D eigenvalue weighted by Crippen LogP contribution is 2.32. The second-order valence-corrected chi connectivity index (χ2v) is 9.18. The predicted octanol–water partition coefficient (Wildman–Crippen LogP) is 3.35. The SMILES string of the molecule is Cc1ccc(-c2cc(C(=O)Nc3ccc4c(c3)N(S(C)(=O)=O)CCC4)[nH]n2)cc1. The first kappa shape index (κ1) is 19.2. The first-order chi connectivity index (χ1) is 13.8. The molecule has 3 aromatic rings. The summed E-state index contributed by atoms with van der Waals surface area (Å²) in [7, 11) is -3.36. The lowest BCUT2D eigenvalue weighted by molar-refractivity contribution is 0.102. The number of hydrogen-bond donors (Lipinski definition) is 2. The van der Waals surface area contributed by atoms with E-state index < -0.39 is 10.0 Å². The normalized spacial score (nSPS) is 13.8. The van der Waals surface area contributed by atoms with Crippen LogP contribution in [-0.4, -0.2) is 37.3 Å². The van der Waals surface area contributed by atoms with Crippen LogP contribution < -0.4 is 9.62 Å². The van der Waals surface area contributed by atoms with Gasteiger partial charge in [0.2, 0.25) is 10.0 Å². The Morgan fingerprint density at radius 1 is 1.14 bits per heavy atom. The lowest BCUT2D eigenvalue weighted by Gasteiger charge is -2.29. The van der Waals surface area contributed by atoms with E-state index in [2.05, 4.69) is 15.5 Å². The summed E-state index contributed by atoms with van der Waals surface area (Å²) in [5.41, 5.74) is 5.21. The van der Waals surface area contributed by atoms with Crippen molar-refractivity contribution < 1.29 is 13.2 Å². The number of carbonyl (C=O) groups excluding carboxylic acids is 1. The number of nitrogens with one attached hydrogen (secondary N) is 2. The van der Waals surface area contributed by atoms with Crippen LogP contribution >= 0.6 is 0 Å². The molecule has 1 aliphatic rings. The molecule has 0 radical (unpaired) electrons. The molecule has 8 heteroatoms. The highest BCUT2D eigenvalue weighted by molar-refractivity contribution is 7.92. The first-order valence-electron chi connectivity index (χ1n) is 9.36. The van der Waals surface area contributed by atoms with Crippen LogP contribution in [0.5, 0.6) is 0 Å². The van der Waals surface area contributed by atoms with Crippen LogP contribution in [0.4, 0.5) is 11.4 Å². The van der Waals surface area contributed by atoms with Gasteiger partial charge in [-0.1, -0.05) is 35.9 Å². The Labute approximate surface area is 169 Å². The molecule has 0 fully saturated rings. The van der Waals surface area contributed by atoms with E-state index >= 15 is 0 Å². The van der Waals surface area contributed by atoms with Gasteiger partial charge in [-0.05, 0) is 43.5 Å². The van der Waals surface area contributed by atoms with Crippen LogP contribution in [-0.2, 0) is 16.4 Å². The average Bonchev–Trinajstić information content (AvgIpc) is 3.17. The van der Waals surface area contributed by atoms with Gasteiger partial charge in [-0.25, -0.2) is 8.42 Å². The zero-order valence-electron chi connectivity index (χ0n) is 16.3. The quantitative estimate of drug-likeness (QED) is 0.690. The van der Waals surface area contributed by atoms with Crippen LogP contribution in [0.2, 0.25) is 0 Å². The van der Waals surface area contributed by atoms with Crippen molar-refractivity contribution in [2.45, 2.75) is 19.8 Å². The van der Waals surface area contributed by atoms with Crippen LogP contribution in [0.3, 0.4) is 0 Å². The van der Waals surface area contributed by atoms with Crippen molar-refractivity contribution >= 4 is 27.3 Å². The van der Waals surface area contributed by atoms with Crippen molar-refractivity contribution in [3.05, 3.63) is 65.4 Å². The molecule has 0 unspecified atom stereocenters. The fraction of sp³-hybridized carbons (Fsp3) is 0.238. The molecule has 4 rings (SSSR count). The maximum atomic E-state index is 12.6. The number of rotatable bonds is 4. The van der Waals surface area contributed by atoms with E-state index in [1.165, 1.54) is 10.6 Å². The Kier molecular flexibility index (Phi) is 4.87. The highest BCUT2D eigenvalue weighted by Gasteiger charge is 2.24. The lowest BCUT2D eigenvalue weighted by Crippen LogP contribution is -2.34. The number of anilines is 2. The number of aromatic amines is 1. The van der Waals surface area contributed by atoms with Gasteiger partial charge in [-0.2, -0.15) is 5.10 Å². The van der Waals surface area contributed by atoms with Gasteiger partial charge in [0.05, 0.1) is 17.6 Å². The van der Waals surface area contributed by atoms with Crippen LogP contribution in [0.15, 0.2) is 48.5 Å². The Morgan fingerprint density at radius 2 is 1.90 bits per heavy atom. The molecule has 0 bridgehead atoms. The number of sulfonamides is 1. The largest absolute Gasteiger partial charge is 0.321 e. The molecule has 29 heavy (non-hydrogen) atoms. The van der Waals surface area contributed by atoms with Crippen molar-refractivity contribution in [1.82, 2.24) is 10.2 Å². The Morgan fingerprint density at radius 3 is 2.62 bits per heavy atom. The molecule has 2 N–H and O–H groups in total. The van der Waals surface area contributed by atoms with E-state index in [1.807, 2.05) is 37.3 Å². The summed E-state index contributed by atoms with van der Waals surface area (Å²) in [5, 5.41) is 9.81. The van der Waals surface area contributed by atoms with Crippen molar-refractivity contribution in [3.63, 3.8) is 0 Å². The Bertz CT molecular complexity index is 1170. The van der Waals surface area contributed by atoms with Crippen LogP contribution in [0.1, 0.15) is 28.0 Å². The summed E-state index contributed by atoms with van der Waals surface area (Å²) >= 11 is 0. The van der Waals surface area contributed by atoms with Gasteiger partial charge in [0.15, 0.2) is 0 Å². The molecule has 0 spiro atoms. The predicted molar refractivity (Wildman–Crippen MR) is 114 cm³/mol. The van der Waals surface area contributed by atoms with Gasteiger partial charge < -0.3 is 5.32 Å². The monoisotopic (exact) mass is 410 g/mol. The van der Waals surface area contributed by atoms with Gasteiger partial charge in [-0.3, -0.25) is 14.2 Å². The number of nitrogens with zero attached hydrogens (tertiary/aromatic N) is 2. The zero-order chi connectivity index (χ0) is 20.6. The fourth-order valence-corrected chi connectivity index (χ4v) is 4.46. The molecule has 0 saturated carbocycles. The molecule has 150 valence electrons. The zero-order valence-corrected chi connectivity index (χ0v) is 17.1. The third kappa shape index (κ3) is 4.02. The van der Waals surface area contributed by atoms with Crippen molar-refractivity contribution in [1.29, 1.82) is 0 Å². The standard InChI is InChI=1S/C21H22N4O3S/c1-14-5-7-15(8-6-14)18-13-19(24-23-18)21(26)22-17-10-9-16-4-3-11-25(20(16)12-17)29(2,27)28/h5-10,12-13H,3-4,11H2,1-2H3,(H,22,26)(H,23,24). The number of aromatic nitrogens is 2. The summed E-state index contributed by atoms with van der Waals surface area (Å²) in [5.74, 6) is -0.336. The van der Waals surface area contributed by atoms with E-state index in [0.717, 1.165) is 29.5 Å². The molecule has 2 heterocycles. The molecular formula is C21H22N4O3S. The molecule has 7 nitrogen and oxygen atoms in total. The van der Waals surface area contributed by atoms with Crippen molar-refractivity contribution in [2.24, 2.45) is 0 Å². The van der Waals surface area contributed by atoms with Gasteiger partial charge in [0, 0.05) is 17.8 Å². The number of fused-ring (bicyclic) bond motifs is 1. The van der Waals surface area contributed by atoms with Crippen LogP contribution in [0, 0.1) is 6.92 Å². The summed E-state index contributed by atoms with van der Waals surface area (Å²) in [6.07, 6.45) is 2.79. The second-order valence-electron chi connectivity index (χ2n) is 7.27. The van der Waals surface area contributed by atoms with Crippen molar-refractivity contribution in [3.8, 4) is 11.3 Å². The molecule has 0 aliphatic carbocycles. The van der Waals surface area contributed by atoms with E-state index in [4.69, 9.17) is 0 Å². The fourth-order valence-electron chi connectivity index (χ4n) is 3.47. The molecule has 1 aliphatic heterocycles. The topological polar surface area (TPSA) is 95.2 Å². The number of H-pyrrole nitrogens is 1. The minimum Gasteiger partial charge on any atom is -0.321 e. The minimum atomic E-state index is -3.36. The average molecular weight is 410 g/mol. The molecule has 0 saturated heterocycles. The van der Waals surface area contributed by atoms with E-state index in [9.17, 15) is 13.2 Å². The lowest BCUT2D eigenvalue weighted by atomic mass is 10.0. The summed E-state index contributed by atoms with van der Waals surface area (Å²) in [6, 6.07) is 15.0. The molecule has 0 atom stereocenters. The molecular weight excluding hydrogens is 388 g/mol. The first-order valence-corrected chi connectivity index (χ1v) is 11.2. The van der Waals surface area contributed by atoms with Gasteiger partial charge in [-0.15, -0.1) is 0 Å². The molecule has 1 aromatic heterocycles. The number of benzene rings is 2. The number of amides is 1. The number of aryl methyl sites for hydroxylation is 2. The smallest absolute Gasteiger partial charge is 0.273 e. The van der Waals surface area contributed by atoms with Crippen molar-refractivity contribution in [2.75, 3.05) is 22.4 Å². The van der Waals surface area contributed by atoms with E-state index in [1.54, 1.807) is 18.2 Å². The second kappa shape index (κ2) is 7.36. The third-order valence-electron chi connectivity index (χ3n) is 4.99. The number of carbonyl (C=O) groups is 1. The van der Waals surface area contributed by atoms with E-state index in [-0.39, 0.29) is 5.91 Å². The summed E-state index contributed by atoms with van der Waals surface area (Å²) < 4.78 is 25.6. The van der Waals surface area contributed by atoms with Gasteiger partial charge >= 0.3 is 0 Å². The molecule has 2 aromatic carbocycles.